The first-order valence-corrected chi connectivity index (χ1v) is 4.40. The fraction of sp³-hybridized carbons (Fsp3) is 1.00. The maximum absolute atomic E-state index is 8.09. The molecule has 6 heteroatoms. The molecular formula is C8H22O6. The number of hydrogen-bond acceptors (Lipinski definition) is 6. The summed E-state index contributed by atoms with van der Waals surface area (Å²) >= 11 is 0. The lowest BCUT2D eigenvalue weighted by Crippen LogP contribution is -1.85. The Bertz CT molecular complexity index is 49.8. The van der Waals surface area contributed by atoms with E-state index >= 15 is 0 Å². The summed E-state index contributed by atoms with van der Waals surface area (Å²) in [6.45, 7) is -0.110. The standard InChI is InChI=1S/C4H10O2.2C2H6O2/c5-3-1-2-4-6;2*3-1-2-4/h5-6H,1-4H2;2*3-4H,1-2H2. The topological polar surface area (TPSA) is 121 Å². The Hall–Kier alpha value is -0.240. The molecule has 0 amide bonds. The molecule has 0 fully saturated rings. The normalized spacial score (nSPS) is 8.14. The number of hydrogen-bond donors (Lipinski definition) is 6. The van der Waals surface area contributed by atoms with Gasteiger partial charge >= 0.3 is 0 Å². The number of unbranched alkanes of at least 4 members (excludes halogenated alkanes) is 1. The van der Waals surface area contributed by atoms with E-state index in [9.17, 15) is 0 Å². The molecule has 0 aromatic heterocycles. The summed E-state index contributed by atoms with van der Waals surface area (Å²) in [7, 11) is 0. The summed E-state index contributed by atoms with van der Waals surface area (Å²) in [5.74, 6) is 0. The molecule has 0 spiro atoms. The molecule has 6 N–H and O–H groups in total. The van der Waals surface area contributed by atoms with Crippen molar-refractivity contribution < 1.29 is 30.6 Å². The molecule has 0 aliphatic rings. The largest absolute Gasteiger partial charge is 0.396 e. The van der Waals surface area contributed by atoms with Crippen molar-refractivity contribution in [2.45, 2.75) is 12.8 Å². The van der Waals surface area contributed by atoms with Gasteiger partial charge in [-0.25, -0.2) is 0 Å². The summed E-state index contributed by atoms with van der Waals surface area (Å²) in [6, 6.07) is 0. The molecular weight excluding hydrogens is 192 g/mol. The smallest absolute Gasteiger partial charge is 0.0662 e. The molecule has 0 aliphatic carbocycles. The van der Waals surface area contributed by atoms with Crippen LogP contribution < -0.4 is 0 Å². The van der Waals surface area contributed by atoms with Crippen LogP contribution in [0, 0.1) is 0 Å². The Labute approximate surface area is 84.1 Å². The quantitative estimate of drug-likeness (QED) is 0.286. The average Bonchev–Trinajstić information content (AvgIpc) is 2.27. The Kier molecular flexibility index (Phi) is 40.5. The van der Waals surface area contributed by atoms with Crippen molar-refractivity contribution in [1.29, 1.82) is 0 Å². The van der Waals surface area contributed by atoms with E-state index in [1.165, 1.54) is 0 Å². The molecule has 0 heterocycles. The Morgan fingerprint density at radius 2 is 0.571 bits per heavy atom. The minimum atomic E-state index is -0.125. The summed E-state index contributed by atoms with van der Waals surface area (Å²) in [6.07, 6.45) is 1.44. The Balaban J connectivity index is -0.000000135. The second-order valence-corrected chi connectivity index (χ2v) is 2.05. The highest BCUT2D eigenvalue weighted by Crippen LogP contribution is 1.80. The maximum Gasteiger partial charge on any atom is 0.0662 e. The van der Waals surface area contributed by atoms with Crippen LogP contribution in [0.4, 0.5) is 0 Å². The predicted molar refractivity (Wildman–Crippen MR) is 51.7 cm³/mol. The summed E-state index contributed by atoms with van der Waals surface area (Å²) in [5.41, 5.74) is 0. The molecule has 0 saturated carbocycles. The van der Waals surface area contributed by atoms with Crippen LogP contribution in [0.15, 0.2) is 0 Å². The van der Waals surface area contributed by atoms with Crippen LogP contribution >= 0.6 is 0 Å². The second kappa shape index (κ2) is 29.3. The van der Waals surface area contributed by atoms with E-state index in [-0.39, 0.29) is 39.6 Å². The third kappa shape index (κ3) is 60.1. The van der Waals surface area contributed by atoms with Gasteiger partial charge < -0.3 is 30.6 Å². The molecule has 0 atom stereocenters. The highest BCUT2D eigenvalue weighted by molar-refractivity contribution is 4.30. The molecule has 0 aliphatic heterocycles. The van der Waals surface area contributed by atoms with Crippen molar-refractivity contribution in [1.82, 2.24) is 0 Å². The monoisotopic (exact) mass is 214 g/mol. The number of aliphatic hydroxyl groups excluding tert-OH is 6. The molecule has 14 heavy (non-hydrogen) atoms. The van der Waals surface area contributed by atoms with Crippen molar-refractivity contribution in [2.24, 2.45) is 0 Å². The summed E-state index contributed by atoms with van der Waals surface area (Å²) in [5, 5.41) is 46.7. The van der Waals surface area contributed by atoms with Crippen LogP contribution in [0.25, 0.3) is 0 Å². The third-order valence-corrected chi connectivity index (χ3v) is 0.766. The summed E-state index contributed by atoms with van der Waals surface area (Å²) < 4.78 is 0. The van der Waals surface area contributed by atoms with Crippen molar-refractivity contribution in [2.75, 3.05) is 39.6 Å². The molecule has 0 saturated heterocycles. The van der Waals surface area contributed by atoms with Crippen LogP contribution in [0.1, 0.15) is 12.8 Å². The predicted octanol–water partition coefficient (Wildman–Crippen LogP) is -2.31. The zero-order valence-corrected chi connectivity index (χ0v) is 8.34. The molecule has 0 radical (unpaired) electrons. The zero-order chi connectivity index (χ0) is 11.7. The van der Waals surface area contributed by atoms with Gasteiger partial charge in [0.25, 0.3) is 0 Å². The van der Waals surface area contributed by atoms with Crippen LogP contribution in [-0.4, -0.2) is 70.3 Å². The van der Waals surface area contributed by atoms with Gasteiger partial charge in [0.15, 0.2) is 0 Å². The molecule has 0 bridgehead atoms. The van der Waals surface area contributed by atoms with Gasteiger partial charge in [0.2, 0.25) is 0 Å². The fourth-order valence-corrected chi connectivity index (χ4v) is 0.224. The van der Waals surface area contributed by atoms with E-state index in [1.54, 1.807) is 0 Å². The molecule has 0 aromatic carbocycles. The van der Waals surface area contributed by atoms with E-state index in [1.807, 2.05) is 0 Å². The van der Waals surface area contributed by atoms with Gasteiger partial charge in [0, 0.05) is 13.2 Å². The van der Waals surface area contributed by atoms with Crippen LogP contribution in [0.5, 0.6) is 0 Å². The van der Waals surface area contributed by atoms with Gasteiger partial charge in [0.05, 0.1) is 26.4 Å². The van der Waals surface area contributed by atoms with Crippen molar-refractivity contribution in [3.05, 3.63) is 0 Å². The first-order valence-electron chi connectivity index (χ1n) is 4.40. The SMILES string of the molecule is OCCCCO.OCCO.OCCO. The van der Waals surface area contributed by atoms with E-state index in [4.69, 9.17) is 30.6 Å². The molecule has 0 unspecified atom stereocenters. The molecule has 6 nitrogen and oxygen atoms in total. The van der Waals surface area contributed by atoms with Gasteiger partial charge in [-0.1, -0.05) is 0 Å². The van der Waals surface area contributed by atoms with Crippen molar-refractivity contribution in [3.8, 4) is 0 Å². The van der Waals surface area contributed by atoms with Gasteiger partial charge in [-0.2, -0.15) is 0 Å². The first-order chi connectivity index (χ1) is 6.74. The summed E-state index contributed by atoms with van der Waals surface area (Å²) in [4.78, 5) is 0. The van der Waals surface area contributed by atoms with Gasteiger partial charge in [-0.05, 0) is 12.8 Å². The van der Waals surface area contributed by atoms with Gasteiger partial charge in [0.1, 0.15) is 0 Å². The average molecular weight is 214 g/mol. The van der Waals surface area contributed by atoms with Crippen LogP contribution in [-0.2, 0) is 0 Å². The fourth-order valence-electron chi connectivity index (χ4n) is 0.224. The van der Waals surface area contributed by atoms with E-state index in [0.717, 1.165) is 12.8 Å². The Morgan fingerprint density at radius 3 is 0.643 bits per heavy atom. The number of aliphatic hydroxyl groups is 6. The lowest BCUT2D eigenvalue weighted by molar-refractivity contribution is 0.186. The number of rotatable bonds is 5. The highest BCUT2D eigenvalue weighted by Gasteiger charge is 1.77. The first kappa shape index (κ1) is 19.4. The Morgan fingerprint density at radius 1 is 0.357 bits per heavy atom. The van der Waals surface area contributed by atoms with Crippen LogP contribution in [0.2, 0.25) is 0 Å². The van der Waals surface area contributed by atoms with E-state index in [2.05, 4.69) is 0 Å². The molecule has 0 rings (SSSR count). The van der Waals surface area contributed by atoms with Crippen LogP contribution in [0.3, 0.4) is 0 Å². The third-order valence-electron chi connectivity index (χ3n) is 0.766. The maximum atomic E-state index is 8.09. The van der Waals surface area contributed by atoms with E-state index < -0.39 is 0 Å². The van der Waals surface area contributed by atoms with Crippen molar-refractivity contribution in [3.63, 3.8) is 0 Å². The lowest BCUT2D eigenvalue weighted by Gasteiger charge is -1.85. The lowest BCUT2D eigenvalue weighted by atomic mass is 10.3. The second-order valence-electron chi connectivity index (χ2n) is 2.05. The minimum Gasteiger partial charge on any atom is -0.396 e. The van der Waals surface area contributed by atoms with Crippen molar-refractivity contribution >= 4 is 0 Å². The highest BCUT2D eigenvalue weighted by atomic mass is 16.3. The van der Waals surface area contributed by atoms with Gasteiger partial charge in [-0.3, -0.25) is 0 Å². The van der Waals surface area contributed by atoms with E-state index in [0.29, 0.717) is 0 Å². The molecule has 0 aromatic rings. The molecule has 90 valence electrons. The van der Waals surface area contributed by atoms with Gasteiger partial charge in [-0.15, -0.1) is 0 Å². The minimum absolute atomic E-state index is 0.125. The zero-order valence-electron chi connectivity index (χ0n) is 8.34.